The lowest BCUT2D eigenvalue weighted by atomic mass is 10.1. The van der Waals surface area contributed by atoms with Crippen molar-refractivity contribution in [1.82, 2.24) is 10.6 Å². The normalized spacial score (nSPS) is 17.4. The summed E-state index contributed by atoms with van der Waals surface area (Å²) in [6.07, 6.45) is 6.29. The quantitative estimate of drug-likeness (QED) is 0.609. The van der Waals surface area contributed by atoms with Gasteiger partial charge in [-0.3, -0.25) is 4.79 Å². The third-order valence-corrected chi connectivity index (χ3v) is 3.55. The van der Waals surface area contributed by atoms with Crippen molar-refractivity contribution in [3.05, 3.63) is 0 Å². The molecule has 104 valence electrons. The van der Waals surface area contributed by atoms with Gasteiger partial charge in [0, 0.05) is 13.1 Å². The van der Waals surface area contributed by atoms with Gasteiger partial charge in [0.25, 0.3) is 0 Å². The second-order valence-corrected chi connectivity index (χ2v) is 5.17. The van der Waals surface area contributed by atoms with Crippen LogP contribution in [0.3, 0.4) is 0 Å². The van der Waals surface area contributed by atoms with E-state index in [9.17, 15) is 9.59 Å². The Morgan fingerprint density at radius 3 is 2.56 bits per heavy atom. The van der Waals surface area contributed by atoms with E-state index in [1.165, 1.54) is 25.7 Å². The van der Waals surface area contributed by atoms with Gasteiger partial charge in [0.1, 0.15) is 0 Å². The molecule has 0 heterocycles. The van der Waals surface area contributed by atoms with E-state index in [-0.39, 0.29) is 11.9 Å². The summed E-state index contributed by atoms with van der Waals surface area (Å²) in [5.41, 5.74) is 0. The van der Waals surface area contributed by atoms with Crippen LogP contribution in [0.2, 0.25) is 0 Å². The minimum absolute atomic E-state index is 0.134. The Kier molecular flexibility index (Phi) is 6.54. The van der Waals surface area contributed by atoms with E-state index in [0.717, 1.165) is 6.54 Å². The van der Waals surface area contributed by atoms with E-state index in [1.54, 1.807) is 6.92 Å². The predicted octanol–water partition coefficient (Wildman–Crippen LogP) is 1.98. The maximum absolute atomic E-state index is 11.4. The first kappa shape index (κ1) is 14.8. The Bertz CT molecular complexity index is 275. The number of carboxylic acid groups (broad SMARTS) is 1. The number of aliphatic carboxylic acids is 1. The molecule has 1 aliphatic carbocycles. The zero-order valence-corrected chi connectivity index (χ0v) is 11.1. The molecule has 1 saturated carbocycles. The number of carbonyl (C=O) groups is 2. The van der Waals surface area contributed by atoms with Crippen LogP contribution < -0.4 is 10.6 Å². The summed E-state index contributed by atoms with van der Waals surface area (Å²) in [6.45, 7) is 2.98. The molecule has 1 unspecified atom stereocenters. The topological polar surface area (TPSA) is 78.4 Å². The highest BCUT2D eigenvalue weighted by Gasteiger charge is 2.15. The van der Waals surface area contributed by atoms with E-state index >= 15 is 0 Å². The van der Waals surface area contributed by atoms with Crippen LogP contribution >= 0.6 is 0 Å². The summed E-state index contributed by atoms with van der Waals surface area (Å²) < 4.78 is 0. The molecule has 0 aromatic rings. The lowest BCUT2D eigenvalue weighted by molar-refractivity contribution is -0.141. The zero-order valence-electron chi connectivity index (χ0n) is 11.1. The summed E-state index contributed by atoms with van der Waals surface area (Å²) in [5, 5.41) is 14.3. The van der Waals surface area contributed by atoms with Crippen LogP contribution in [-0.4, -0.2) is 30.2 Å². The average molecular weight is 256 g/mol. The van der Waals surface area contributed by atoms with Crippen LogP contribution in [0.4, 0.5) is 4.79 Å². The SMILES string of the molecule is CC(CCCNC(=O)NCC1CCCC1)C(=O)O. The molecular formula is C13H24N2O3. The molecule has 0 aromatic heterocycles. The lowest BCUT2D eigenvalue weighted by Crippen LogP contribution is -2.38. The van der Waals surface area contributed by atoms with Gasteiger partial charge in [-0.05, 0) is 31.6 Å². The van der Waals surface area contributed by atoms with Gasteiger partial charge in [-0.2, -0.15) is 0 Å². The van der Waals surface area contributed by atoms with Crippen molar-refractivity contribution >= 4 is 12.0 Å². The standard InChI is InChI=1S/C13H24N2O3/c1-10(12(16)17)5-4-8-14-13(18)15-9-11-6-2-3-7-11/h10-11H,2-9H2,1H3,(H,16,17)(H2,14,15,18). The first-order valence-electron chi connectivity index (χ1n) is 6.84. The van der Waals surface area contributed by atoms with Gasteiger partial charge in [-0.25, -0.2) is 4.79 Å². The van der Waals surface area contributed by atoms with Gasteiger partial charge in [-0.15, -0.1) is 0 Å². The fraction of sp³-hybridized carbons (Fsp3) is 0.846. The maximum Gasteiger partial charge on any atom is 0.314 e. The van der Waals surface area contributed by atoms with Crippen molar-refractivity contribution in [2.75, 3.05) is 13.1 Å². The van der Waals surface area contributed by atoms with Crippen LogP contribution in [0.25, 0.3) is 0 Å². The molecule has 5 nitrogen and oxygen atoms in total. The minimum Gasteiger partial charge on any atom is -0.481 e. The molecule has 1 atom stereocenters. The summed E-state index contributed by atoms with van der Waals surface area (Å²) in [5.74, 6) is -0.475. The molecule has 1 fully saturated rings. The Morgan fingerprint density at radius 2 is 1.94 bits per heavy atom. The van der Waals surface area contributed by atoms with Gasteiger partial charge in [-0.1, -0.05) is 19.8 Å². The van der Waals surface area contributed by atoms with Gasteiger partial charge in [0.05, 0.1) is 5.92 Å². The molecule has 2 amide bonds. The molecule has 5 heteroatoms. The maximum atomic E-state index is 11.4. The Hall–Kier alpha value is -1.26. The number of nitrogens with one attached hydrogen (secondary N) is 2. The molecule has 1 aliphatic rings. The molecule has 0 bridgehead atoms. The van der Waals surface area contributed by atoms with E-state index in [0.29, 0.717) is 25.3 Å². The van der Waals surface area contributed by atoms with Crippen LogP contribution in [0, 0.1) is 11.8 Å². The van der Waals surface area contributed by atoms with Crippen LogP contribution in [0.1, 0.15) is 45.4 Å². The highest BCUT2D eigenvalue weighted by Crippen LogP contribution is 2.23. The molecule has 0 radical (unpaired) electrons. The summed E-state index contributed by atoms with van der Waals surface area (Å²) in [7, 11) is 0. The zero-order chi connectivity index (χ0) is 13.4. The molecular weight excluding hydrogens is 232 g/mol. The predicted molar refractivity (Wildman–Crippen MR) is 69.4 cm³/mol. The second-order valence-electron chi connectivity index (χ2n) is 5.17. The van der Waals surface area contributed by atoms with Crippen molar-refractivity contribution < 1.29 is 14.7 Å². The van der Waals surface area contributed by atoms with Crippen molar-refractivity contribution in [1.29, 1.82) is 0 Å². The number of carbonyl (C=O) groups excluding carboxylic acids is 1. The lowest BCUT2D eigenvalue weighted by Gasteiger charge is -2.12. The molecule has 1 rings (SSSR count). The summed E-state index contributed by atoms with van der Waals surface area (Å²) in [4.78, 5) is 22.0. The Labute approximate surface area is 108 Å². The van der Waals surface area contributed by atoms with Crippen molar-refractivity contribution in [2.45, 2.75) is 45.4 Å². The number of hydrogen-bond donors (Lipinski definition) is 3. The fourth-order valence-electron chi connectivity index (χ4n) is 2.25. The number of carboxylic acids is 1. The molecule has 0 aliphatic heterocycles. The minimum atomic E-state index is -0.777. The largest absolute Gasteiger partial charge is 0.481 e. The average Bonchev–Trinajstić information content (AvgIpc) is 2.84. The fourth-order valence-corrected chi connectivity index (χ4v) is 2.25. The van der Waals surface area contributed by atoms with Crippen molar-refractivity contribution in [2.24, 2.45) is 11.8 Å². The number of urea groups is 1. The van der Waals surface area contributed by atoms with Crippen molar-refractivity contribution in [3.63, 3.8) is 0 Å². The molecule has 0 spiro atoms. The van der Waals surface area contributed by atoms with E-state index in [1.807, 2.05) is 0 Å². The number of amides is 2. The van der Waals surface area contributed by atoms with E-state index < -0.39 is 5.97 Å². The highest BCUT2D eigenvalue weighted by atomic mass is 16.4. The van der Waals surface area contributed by atoms with Gasteiger partial charge < -0.3 is 15.7 Å². The number of hydrogen-bond acceptors (Lipinski definition) is 2. The highest BCUT2D eigenvalue weighted by molar-refractivity contribution is 5.73. The Balaban J connectivity index is 1.97. The third kappa shape index (κ3) is 5.89. The van der Waals surface area contributed by atoms with E-state index in [4.69, 9.17) is 5.11 Å². The molecule has 3 N–H and O–H groups in total. The van der Waals surface area contributed by atoms with Gasteiger partial charge in [0.15, 0.2) is 0 Å². The molecule has 0 aromatic carbocycles. The number of rotatable bonds is 7. The van der Waals surface area contributed by atoms with Gasteiger partial charge >= 0.3 is 12.0 Å². The summed E-state index contributed by atoms with van der Waals surface area (Å²) >= 11 is 0. The monoisotopic (exact) mass is 256 g/mol. The van der Waals surface area contributed by atoms with Gasteiger partial charge in [0.2, 0.25) is 0 Å². The summed E-state index contributed by atoms with van der Waals surface area (Å²) in [6, 6.07) is -0.134. The molecule has 18 heavy (non-hydrogen) atoms. The first-order chi connectivity index (χ1) is 8.59. The van der Waals surface area contributed by atoms with Crippen LogP contribution in [0.15, 0.2) is 0 Å². The molecule has 0 saturated heterocycles. The van der Waals surface area contributed by atoms with Crippen molar-refractivity contribution in [3.8, 4) is 0 Å². The van der Waals surface area contributed by atoms with E-state index in [2.05, 4.69) is 10.6 Å². The second kappa shape index (κ2) is 7.95. The smallest absolute Gasteiger partial charge is 0.314 e. The Morgan fingerprint density at radius 1 is 1.28 bits per heavy atom. The van der Waals surface area contributed by atoms with Crippen LogP contribution in [0.5, 0.6) is 0 Å². The first-order valence-corrected chi connectivity index (χ1v) is 6.84. The van der Waals surface area contributed by atoms with Crippen LogP contribution in [-0.2, 0) is 4.79 Å². The third-order valence-electron chi connectivity index (χ3n) is 3.55.